The Morgan fingerprint density at radius 3 is 2.61 bits per heavy atom. The van der Waals surface area contributed by atoms with Gasteiger partial charge in [0.05, 0.1) is 5.56 Å². The molecule has 3 nitrogen and oxygen atoms in total. The molecule has 1 heterocycles. The van der Waals surface area contributed by atoms with Crippen LogP contribution in [0.3, 0.4) is 0 Å². The van der Waals surface area contributed by atoms with Gasteiger partial charge in [-0.3, -0.25) is 0 Å². The van der Waals surface area contributed by atoms with Gasteiger partial charge in [-0.2, -0.15) is 0 Å². The summed E-state index contributed by atoms with van der Waals surface area (Å²) in [6, 6.07) is 1.94. The summed E-state index contributed by atoms with van der Waals surface area (Å²) in [6.07, 6.45) is 1.26. The lowest BCUT2D eigenvalue weighted by Crippen LogP contribution is -1.97. The molecule has 0 fully saturated rings. The predicted octanol–water partition coefficient (Wildman–Crippen LogP) is 3.29. The molecule has 0 saturated carbocycles. The number of rotatable bonds is 3. The third-order valence-electron chi connectivity index (χ3n) is 2.60. The van der Waals surface area contributed by atoms with E-state index in [4.69, 9.17) is 10.3 Å². The highest BCUT2D eigenvalue weighted by atomic mass is 19.2. The van der Waals surface area contributed by atoms with Crippen LogP contribution in [0, 0.1) is 17.5 Å². The molecule has 1 aromatic heterocycles. The minimum atomic E-state index is -1.54. The van der Waals surface area contributed by atoms with Gasteiger partial charge in [0.25, 0.3) is 0 Å². The Bertz CT molecular complexity index is 581. The van der Waals surface area contributed by atoms with E-state index in [2.05, 4.69) is 5.16 Å². The van der Waals surface area contributed by atoms with Gasteiger partial charge in [-0.1, -0.05) is 18.5 Å². The first-order valence-electron chi connectivity index (χ1n) is 5.44. The molecule has 0 radical (unpaired) electrons. The van der Waals surface area contributed by atoms with Crippen molar-refractivity contribution in [2.24, 2.45) is 0 Å². The molecule has 0 aliphatic carbocycles. The molecule has 0 spiro atoms. The number of halogens is 3. The smallest absolute Gasteiger partial charge is 0.195 e. The summed E-state index contributed by atoms with van der Waals surface area (Å²) in [7, 11) is 0. The van der Waals surface area contributed by atoms with Gasteiger partial charge in [0.1, 0.15) is 0 Å². The van der Waals surface area contributed by atoms with Crippen LogP contribution in [0.2, 0.25) is 0 Å². The lowest BCUT2D eigenvalue weighted by Gasteiger charge is -2.03. The zero-order valence-corrected chi connectivity index (χ0v) is 9.64. The van der Waals surface area contributed by atoms with Crippen LogP contribution in [0.5, 0.6) is 0 Å². The number of anilines is 1. The number of nitrogen functional groups attached to an aromatic ring is 1. The molecule has 0 atom stereocenters. The fourth-order valence-electron chi connectivity index (χ4n) is 1.73. The summed E-state index contributed by atoms with van der Waals surface area (Å²) in [4.78, 5) is 0. The molecule has 0 aliphatic heterocycles. The maximum Gasteiger partial charge on any atom is 0.195 e. The van der Waals surface area contributed by atoms with Gasteiger partial charge in [0.2, 0.25) is 0 Å². The summed E-state index contributed by atoms with van der Waals surface area (Å²) in [5.74, 6) is -3.91. The van der Waals surface area contributed by atoms with E-state index in [1.165, 1.54) is 0 Å². The maximum atomic E-state index is 13.6. The first-order valence-corrected chi connectivity index (χ1v) is 5.44. The van der Waals surface area contributed by atoms with Gasteiger partial charge < -0.3 is 10.3 Å². The van der Waals surface area contributed by atoms with Crippen molar-refractivity contribution in [1.82, 2.24) is 5.16 Å². The minimum absolute atomic E-state index is 0.0470. The van der Waals surface area contributed by atoms with Crippen molar-refractivity contribution < 1.29 is 17.7 Å². The molecule has 0 saturated heterocycles. The second-order valence-electron chi connectivity index (χ2n) is 3.85. The van der Waals surface area contributed by atoms with E-state index in [0.29, 0.717) is 12.0 Å². The summed E-state index contributed by atoms with van der Waals surface area (Å²) in [6.45, 7) is 1.90. The van der Waals surface area contributed by atoms with Crippen LogP contribution in [-0.2, 0) is 6.42 Å². The van der Waals surface area contributed by atoms with Crippen LogP contribution in [0.4, 0.5) is 19.0 Å². The molecule has 0 aliphatic rings. The maximum absolute atomic E-state index is 13.6. The summed E-state index contributed by atoms with van der Waals surface area (Å²) in [5, 5.41) is 3.52. The summed E-state index contributed by atoms with van der Waals surface area (Å²) >= 11 is 0. The number of nitrogens with zero attached hydrogens (tertiary/aromatic N) is 1. The topological polar surface area (TPSA) is 52.0 Å². The Kier molecular flexibility index (Phi) is 3.27. The predicted molar refractivity (Wildman–Crippen MR) is 60.2 cm³/mol. The van der Waals surface area contributed by atoms with Gasteiger partial charge >= 0.3 is 0 Å². The van der Waals surface area contributed by atoms with Gasteiger partial charge in [-0.15, -0.1) is 0 Å². The average Bonchev–Trinajstić information content (AvgIpc) is 2.70. The molecular weight excluding hydrogens is 245 g/mol. The van der Waals surface area contributed by atoms with Crippen LogP contribution in [0.15, 0.2) is 16.7 Å². The van der Waals surface area contributed by atoms with Gasteiger partial charge in [-0.25, -0.2) is 13.2 Å². The molecule has 6 heteroatoms. The summed E-state index contributed by atoms with van der Waals surface area (Å²) in [5.41, 5.74) is 5.91. The zero-order chi connectivity index (χ0) is 13.3. The molecule has 0 amide bonds. The molecule has 2 N–H and O–H groups in total. The van der Waals surface area contributed by atoms with Gasteiger partial charge in [0.15, 0.2) is 29.0 Å². The van der Waals surface area contributed by atoms with E-state index in [0.717, 1.165) is 18.6 Å². The van der Waals surface area contributed by atoms with E-state index in [-0.39, 0.29) is 17.1 Å². The molecule has 18 heavy (non-hydrogen) atoms. The van der Waals surface area contributed by atoms with Crippen LogP contribution >= 0.6 is 0 Å². The minimum Gasteiger partial charge on any atom is -0.381 e. The van der Waals surface area contributed by atoms with Crippen molar-refractivity contribution in [2.45, 2.75) is 19.8 Å². The first kappa shape index (κ1) is 12.5. The van der Waals surface area contributed by atoms with Crippen LogP contribution in [-0.4, -0.2) is 5.16 Å². The van der Waals surface area contributed by atoms with Crippen molar-refractivity contribution in [3.05, 3.63) is 35.1 Å². The van der Waals surface area contributed by atoms with Crippen LogP contribution < -0.4 is 5.73 Å². The SMILES string of the molecule is CCCc1c(N)noc1-c1ccc(F)c(F)c1F. The van der Waals surface area contributed by atoms with E-state index >= 15 is 0 Å². The van der Waals surface area contributed by atoms with Crippen molar-refractivity contribution in [3.63, 3.8) is 0 Å². The van der Waals surface area contributed by atoms with Crippen molar-refractivity contribution >= 4 is 5.82 Å². The third-order valence-corrected chi connectivity index (χ3v) is 2.60. The Hall–Kier alpha value is -1.98. The first-order chi connectivity index (χ1) is 8.56. The highest BCUT2D eigenvalue weighted by Gasteiger charge is 2.22. The number of hydrogen-bond donors (Lipinski definition) is 1. The second kappa shape index (κ2) is 4.72. The Morgan fingerprint density at radius 1 is 1.22 bits per heavy atom. The third kappa shape index (κ3) is 1.94. The molecule has 0 bridgehead atoms. The fraction of sp³-hybridized carbons (Fsp3) is 0.250. The summed E-state index contributed by atoms with van der Waals surface area (Å²) < 4.78 is 44.5. The van der Waals surface area contributed by atoms with Crippen LogP contribution in [0.1, 0.15) is 18.9 Å². The number of benzene rings is 1. The second-order valence-corrected chi connectivity index (χ2v) is 3.85. The zero-order valence-electron chi connectivity index (χ0n) is 9.64. The molecule has 0 unspecified atom stereocenters. The molecule has 1 aromatic carbocycles. The van der Waals surface area contributed by atoms with E-state index in [1.54, 1.807) is 0 Å². The van der Waals surface area contributed by atoms with E-state index in [9.17, 15) is 13.2 Å². The largest absolute Gasteiger partial charge is 0.381 e. The van der Waals surface area contributed by atoms with E-state index < -0.39 is 17.5 Å². The highest BCUT2D eigenvalue weighted by Crippen LogP contribution is 2.32. The Balaban J connectivity index is 2.59. The fourth-order valence-corrected chi connectivity index (χ4v) is 1.73. The van der Waals surface area contributed by atoms with Crippen molar-refractivity contribution in [3.8, 4) is 11.3 Å². The quantitative estimate of drug-likeness (QED) is 0.857. The number of aromatic nitrogens is 1. The lowest BCUT2D eigenvalue weighted by atomic mass is 10.0. The van der Waals surface area contributed by atoms with Crippen molar-refractivity contribution in [2.75, 3.05) is 5.73 Å². The van der Waals surface area contributed by atoms with Gasteiger partial charge in [0, 0.05) is 5.56 Å². The molecule has 96 valence electrons. The van der Waals surface area contributed by atoms with Crippen molar-refractivity contribution in [1.29, 1.82) is 0 Å². The molecule has 2 aromatic rings. The average molecular weight is 256 g/mol. The number of nitrogens with two attached hydrogens (primary N) is 1. The molecule has 2 rings (SSSR count). The monoisotopic (exact) mass is 256 g/mol. The standard InChI is InChI=1S/C12H11F3N2O/c1-2-3-7-11(18-17-12(7)16)6-4-5-8(13)10(15)9(6)14/h4-5H,2-3H2,1H3,(H2,16,17). The van der Waals surface area contributed by atoms with Gasteiger partial charge in [-0.05, 0) is 18.6 Å². The Labute approximate surface area is 101 Å². The lowest BCUT2D eigenvalue weighted by molar-refractivity contribution is 0.422. The van der Waals surface area contributed by atoms with Crippen LogP contribution in [0.25, 0.3) is 11.3 Å². The Morgan fingerprint density at radius 2 is 1.94 bits per heavy atom. The molecular formula is C12H11F3N2O. The highest BCUT2D eigenvalue weighted by molar-refractivity contribution is 5.66. The normalized spacial score (nSPS) is 10.9. The number of hydrogen-bond acceptors (Lipinski definition) is 3. The van der Waals surface area contributed by atoms with E-state index in [1.807, 2.05) is 6.92 Å².